The predicted molar refractivity (Wildman–Crippen MR) is 88.5 cm³/mol. The first-order valence-electron chi connectivity index (χ1n) is 8.85. The van der Waals surface area contributed by atoms with E-state index in [1.165, 1.54) is 0 Å². The predicted octanol–water partition coefficient (Wildman–Crippen LogP) is 1.34. The van der Waals surface area contributed by atoms with Crippen LogP contribution in [0.15, 0.2) is 0 Å². The van der Waals surface area contributed by atoms with Gasteiger partial charge in [0.2, 0.25) is 0 Å². The molecule has 2 fully saturated rings. The van der Waals surface area contributed by atoms with Crippen LogP contribution in [0.3, 0.4) is 0 Å². The number of amides is 3. The molecule has 2 saturated heterocycles. The number of nitrogens with one attached hydrogen (secondary N) is 1. The summed E-state index contributed by atoms with van der Waals surface area (Å²) in [5, 5.41) is 3.32. The lowest BCUT2D eigenvalue weighted by Crippen LogP contribution is -2.54. The molecule has 0 spiro atoms. The van der Waals surface area contributed by atoms with Crippen LogP contribution in [0, 0.1) is 0 Å². The van der Waals surface area contributed by atoms with E-state index in [1.54, 1.807) is 4.90 Å². The first kappa shape index (κ1) is 17.8. The second-order valence-corrected chi connectivity index (χ2v) is 6.15. The van der Waals surface area contributed by atoms with Crippen molar-refractivity contribution in [3.8, 4) is 0 Å². The lowest BCUT2D eigenvalue weighted by Gasteiger charge is -2.36. The van der Waals surface area contributed by atoms with Crippen molar-refractivity contribution < 1.29 is 14.3 Å². The van der Waals surface area contributed by atoms with Crippen LogP contribution in [-0.4, -0.2) is 85.3 Å². The van der Waals surface area contributed by atoms with E-state index >= 15 is 0 Å². The minimum Gasteiger partial charge on any atom is -0.450 e. The summed E-state index contributed by atoms with van der Waals surface area (Å²) in [6.45, 7) is 9.75. The molecular formula is C16H30N4O3. The minimum atomic E-state index is -0.240. The Hall–Kier alpha value is -1.50. The molecule has 1 N–H and O–H groups in total. The zero-order chi connectivity index (χ0) is 16.7. The third kappa shape index (κ3) is 4.73. The molecule has 132 valence electrons. The molecule has 2 aliphatic rings. The topological polar surface area (TPSA) is 65.1 Å². The van der Waals surface area contributed by atoms with Gasteiger partial charge in [-0.05, 0) is 19.8 Å². The largest absolute Gasteiger partial charge is 0.450 e. The number of carbonyl (C=O) groups excluding carboxylic acids is 2. The fourth-order valence-corrected chi connectivity index (χ4v) is 3.17. The van der Waals surface area contributed by atoms with Crippen molar-refractivity contribution in [3.63, 3.8) is 0 Å². The number of hydrogen-bond donors (Lipinski definition) is 1. The minimum absolute atomic E-state index is 0.0975. The van der Waals surface area contributed by atoms with Crippen molar-refractivity contribution in [2.24, 2.45) is 0 Å². The summed E-state index contributed by atoms with van der Waals surface area (Å²) < 4.78 is 5.14. The lowest BCUT2D eigenvalue weighted by molar-refractivity contribution is 0.0771. The number of urea groups is 1. The number of carbonyl (C=O) groups is 2. The van der Waals surface area contributed by atoms with Crippen LogP contribution in [0.2, 0.25) is 0 Å². The number of unbranched alkanes of at least 4 members (excludes halogenated alkanes) is 1. The first-order valence-corrected chi connectivity index (χ1v) is 8.85. The van der Waals surface area contributed by atoms with Crippen molar-refractivity contribution in [1.29, 1.82) is 0 Å². The smallest absolute Gasteiger partial charge is 0.410 e. The number of rotatable bonds is 7. The molecule has 7 heteroatoms. The van der Waals surface area contributed by atoms with E-state index in [0.29, 0.717) is 19.7 Å². The van der Waals surface area contributed by atoms with Crippen molar-refractivity contribution >= 4 is 12.1 Å². The summed E-state index contributed by atoms with van der Waals surface area (Å²) in [7, 11) is 0. The highest BCUT2D eigenvalue weighted by molar-refractivity contribution is 5.76. The molecule has 1 unspecified atom stereocenters. The molecule has 7 nitrogen and oxygen atoms in total. The van der Waals surface area contributed by atoms with Gasteiger partial charge in [-0.1, -0.05) is 13.3 Å². The van der Waals surface area contributed by atoms with Gasteiger partial charge >= 0.3 is 12.1 Å². The maximum atomic E-state index is 12.3. The molecule has 0 aromatic rings. The van der Waals surface area contributed by atoms with E-state index in [2.05, 4.69) is 12.2 Å². The fraction of sp³-hybridized carbons (Fsp3) is 0.875. The molecule has 3 amide bonds. The molecule has 0 saturated carbocycles. The molecular weight excluding hydrogens is 296 g/mol. The van der Waals surface area contributed by atoms with Gasteiger partial charge in [0, 0.05) is 51.9 Å². The standard InChI is InChI=1S/C16H30N4O3/c1-3-5-8-18-11-12-19(15(18)21)9-6-14-13-17-7-10-20(14)16(22)23-4-2/h14,17H,3-13H2,1-2H3. The van der Waals surface area contributed by atoms with Gasteiger partial charge in [-0.2, -0.15) is 0 Å². The Labute approximate surface area is 138 Å². The Morgan fingerprint density at radius 1 is 1.22 bits per heavy atom. The molecule has 0 bridgehead atoms. The molecule has 2 heterocycles. The van der Waals surface area contributed by atoms with Crippen molar-refractivity contribution in [1.82, 2.24) is 20.0 Å². The number of ether oxygens (including phenoxy) is 1. The van der Waals surface area contributed by atoms with Crippen LogP contribution >= 0.6 is 0 Å². The van der Waals surface area contributed by atoms with E-state index in [-0.39, 0.29) is 18.2 Å². The van der Waals surface area contributed by atoms with Gasteiger partial charge in [0.25, 0.3) is 0 Å². The Kier molecular flexibility index (Phi) is 6.95. The van der Waals surface area contributed by atoms with Gasteiger partial charge in [-0.15, -0.1) is 0 Å². The molecule has 0 radical (unpaired) electrons. The number of hydrogen-bond acceptors (Lipinski definition) is 4. The van der Waals surface area contributed by atoms with E-state index in [9.17, 15) is 9.59 Å². The average Bonchev–Trinajstić information content (AvgIpc) is 2.91. The summed E-state index contributed by atoms with van der Waals surface area (Å²) in [6, 6.07) is 0.241. The first-order chi connectivity index (χ1) is 11.2. The molecule has 23 heavy (non-hydrogen) atoms. The SMILES string of the molecule is CCCCN1CCN(CCC2CNCCN2C(=O)OCC)C1=O. The molecule has 1 atom stereocenters. The van der Waals surface area contributed by atoms with Gasteiger partial charge < -0.3 is 24.8 Å². The lowest BCUT2D eigenvalue weighted by atomic mass is 10.1. The van der Waals surface area contributed by atoms with Crippen molar-refractivity contribution in [3.05, 3.63) is 0 Å². The summed E-state index contributed by atoms with van der Waals surface area (Å²) in [4.78, 5) is 30.0. The van der Waals surface area contributed by atoms with Gasteiger partial charge in [0.05, 0.1) is 6.61 Å². The van der Waals surface area contributed by atoms with Gasteiger partial charge in [-0.25, -0.2) is 9.59 Å². The van der Waals surface area contributed by atoms with Crippen LogP contribution in [-0.2, 0) is 4.74 Å². The second kappa shape index (κ2) is 8.96. The molecule has 0 aromatic heterocycles. The van der Waals surface area contributed by atoms with Crippen LogP contribution < -0.4 is 5.32 Å². The highest BCUT2D eigenvalue weighted by Crippen LogP contribution is 2.14. The second-order valence-electron chi connectivity index (χ2n) is 6.15. The molecule has 0 aliphatic carbocycles. The fourth-order valence-electron chi connectivity index (χ4n) is 3.17. The molecule has 0 aromatic carbocycles. The Bertz CT molecular complexity index is 405. The molecule has 2 rings (SSSR count). The maximum absolute atomic E-state index is 12.3. The van der Waals surface area contributed by atoms with E-state index in [1.807, 2.05) is 16.7 Å². The summed E-state index contributed by atoms with van der Waals surface area (Å²) >= 11 is 0. The average molecular weight is 326 g/mol. The summed E-state index contributed by atoms with van der Waals surface area (Å²) in [5.41, 5.74) is 0. The third-order valence-electron chi connectivity index (χ3n) is 4.55. The summed E-state index contributed by atoms with van der Waals surface area (Å²) in [6.07, 6.45) is 2.71. The summed E-state index contributed by atoms with van der Waals surface area (Å²) in [5.74, 6) is 0. The van der Waals surface area contributed by atoms with Crippen LogP contribution in [0.25, 0.3) is 0 Å². The monoisotopic (exact) mass is 326 g/mol. The maximum Gasteiger partial charge on any atom is 0.410 e. The third-order valence-corrected chi connectivity index (χ3v) is 4.55. The van der Waals surface area contributed by atoms with Crippen LogP contribution in [0.4, 0.5) is 9.59 Å². The Balaban J connectivity index is 1.81. The number of piperazine rings is 1. The van der Waals surface area contributed by atoms with E-state index < -0.39 is 0 Å². The highest BCUT2D eigenvalue weighted by atomic mass is 16.6. The van der Waals surface area contributed by atoms with Crippen LogP contribution in [0.5, 0.6) is 0 Å². The highest BCUT2D eigenvalue weighted by Gasteiger charge is 2.31. The van der Waals surface area contributed by atoms with Gasteiger partial charge in [0.1, 0.15) is 0 Å². The number of nitrogens with zero attached hydrogens (tertiary/aromatic N) is 3. The van der Waals surface area contributed by atoms with Crippen molar-refractivity contribution in [2.45, 2.75) is 39.2 Å². The zero-order valence-electron chi connectivity index (χ0n) is 14.4. The normalized spacial score (nSPS) is 21.9. The van der Waals surface area contributed by atoms with Gasteiger partial charge in [-0.3, -0.25) is 0 Å². The zero-order valence-corrected chi connectivity index (χ0v) is 14.4. The molecule has 2 aliphatic heterocycles. The van der Waals surface area contributed by atoms with E-state index in [0.717, 1.165) is 52.0 Å². The Morgan fingerprint density at radius 3 is 2.65 bits per heavy atom. The van der Waals surface area contributed by atoms with Crippen LogP contribution in [0.1, 0.15) is 33.1 Å². The van der Waals surface area contributed by atoms with E-state index in [4.69, 9.17) is 4.74 Å². The quantitative estimate of drug-likeness (QED) is 0.767. The Morgan fingerprint density at radius 2 is 1.96 bits per heavy atom. The van der Waals surface area contributed by atoms with Crippen molar-refractivity contribution in [2.75, 3.05) is 52.4 Å². The van der Waals surface area contributed by atoms with Gasteiger partial charge in [0.15, 0.2) is 0 Å².